The Hall–Kier alpha value is -3.22. The van der Waals surface area contributed by atoms with Gasteiger partial charge in [-0.25, -0.2) is 9.83 Å². The number of nitrogens with zero attached hydrogens (tertiary/aromatic N) is 6. The number of hydrogen-bond donors (Lipinski definition) is 0. The molecule has 2 rings (SSSR count). The zero-order valence-electron chi connectivity index (χ0n) is 14.6. The van der Waals surface area contributed by atoms with Gasteiger partial charge in [0.25, 0.3) is 0 Å². The molecule has 126 valence electrons. The molecular weight excluding hydrogens is 312 g/mol. The predicted octanol–water partition coefficient (Wildman–Crippen LogP) is 2.76. The maximum atomic E-state index is 8.85. The summed E-state index contributed by atoms with van der Waals surface area (Å²) in [4.78, 5) is 16.5. The fourth-order valence-electron chi connectivity index (χ4n) is 2.10. The van der Waals surface area contributed by atoms with Crippen LogP contribution < -0.4 is 4.90 Å². The van der Waals surface area contributed by atoms with Crippen molar-refractivity contribution in [1.82, 2.24) is 14.9 Å². The number of likely N-dealkylation sites (N-methyl/N-ethyl adjacent to an activating group) is 2. The number of anilines is 1. The van der Waals surface area contributed by atoms with E-state index in [0.717, 1.165) is 24.5 Å². The zero-order valence-corrected chi connectivity index (χ0v) is 14.6. The zero-order chi connectivity index (χ0) is 18.2. The Bertz CT molecular complexity index is 807. The molecule has 0 aliphatic heterocycles. The first-order valence-corrected chi connectivity index (χ1v) is 7.81. The highest BCUT2D eigenvalue weighted by Crippen LogP contribution is 2.19. The molecule has 0 radical (unpaired) electrons. The molecule has 0 aliphatic carbocycles. The Morgan fingerprint density at radius 1 is 1.16 bits per heavy atom. The summed E-state index contributed by atoms with van der Waals surface area (Å²) in [6.07, 6.45) is 5.07. The summed E-state index contributed by atoms with van der Waals surface area (Å²) in [5, 5.41) is 8.85. The van der Waals surface area contributed by atoms with Crippen LogP contribution in [0.25, 0.3) is 16.6 Å². The van der Waals surface area contributed by atoms with Gasteiger partial charge >= 0.3 is 0 Å². The highest BCUT2D eigenvalue weighted by atomic mass is 15.2. The molecule has 0 aliphatic rings. The lowest BCUT2D eigenvalue weighted by Gasteiger charge is -2.20. The Morgan fingerprint density at radius 3 is 2.40 bits per heavy atom. The van der Waals surface area contributed by atoms with Gasteiger partial charge in [-0.05, 0) is 37.9 Å². The van der Waals surface area contributed by atoms with Gasteiger partial charge in [0, 0.05) is 20.1 Å². The van der Waals surface area contributed by atoms with Crippen LogP contribution in [0.15, 0.2) is 36.7 Å². The minimum absolute atomic E-state index is 0.465. The standard InChI is InChI=1S/C19H20N6/c1-21-18(16-7-5-15(12-20)6-8-16)11-17-13-23-19(14-22-17)25(4)10-9-24(2)3/h5-8,11,13-14H,9-10H2,2-4H3/b18-11-. The average molecular weight is 332 g/mol. The van der Waals surface area contributed by atoms with Crippen LogP contribution in [0.4, 0.5) is 5.82 Å². The van der Waals surface area contributed by atoms with Crippen LogP contribution in [0.3, 0.4) is 0 Å². The summed E-state index contributed by atoms with van der Waals surface area (Å²) in [7, 11) is 6.04. The maximum absolute atomic E-state index is 8.85. The monoisotopic (exact) mass is 332 g/mol. The van der Waals surface area contributed by atoms with Crippen LogP contribution in [0, 0.1) is 17.9 Å². The van der Waals surface area contributed by atoms with Crippen LogP contribution in [0.2, 0.25) is 0 Å². The van der Waals surface area contributed by atoms with E-state index >= 15 is 0 Å². The molecule has 1 aromatic carbocycles. The molecule has 1 aromatic heterocycles. The number of nitriles is 1. The SMILES string of the molecule is [C-]#[N+]/C(=C\c1cnc(N(C)CCN(C)C)cn1)c1ccc(C#N)cc1. The normalized spacial score (nSPS) is 11.0. The van der Waals surface area contributed by atoms with Gasteiger partial charge in [-0.15, -0.1) is 0 Å². The van der Waals surface area contributed by atoms with Crippen molar-refractivity contribution in [1.29, 1.82) is 5.26 Å². The lowest BCUT2D eigenvalue weighted by molar-refractivity contribution is 0.416. The van der Waals surface area contributed by atoms with E-state index in [1.165, 1.54) is 0 Å². The van der Waals surface area contributed by atoms with Gasteiger partial charge in [-0.1, -0.05) is 12.1 Å². The van der Waals surface area contributed by atoms with Crippen LogP contribution >= 0.6 is 0 Å². The second-order valence-electron chi connectivity index (χ2n) is 5.85. The van der Waals surface area contributed by atoms with Gasteiger partial charge in [-0.3, -0.25) is 4.98 Å². The molecule has 0 amide bonds. The van der Waals surface area contributed by atoms with Crippen molar-refractivity contribution >= 4 is 17.6 Å². The topological polar surface area (TPSA) is 60.4 Å². The third-order valence-corrected chi connectivity index (χ3v) is 3.65. The van der Waals surface area contributed by atoms with E-state index in [0.29, 0.717) is 17.0 Å². The van der Waals surface area contributed by atoms with E-state index in [1.54, 1.807) is 42.7 Å². The first-order valence-electron chi connectivity index (χ1n) is 7.81. The van der Waals surface area contributed by atoms with Gasteiger partial charge in [0.2, 0.25) is 0 Å². The minimum atomic E-state index is 0.465. The van der Waals surface area contributed by atoms with Crippen LogP contribution in [-0.2, 0) is 0 Å². The van der Waals surface area contributed by atoms with E-state index in [4.69, 9.17) is 11.8 Å². The van der Waals surface area contributed by atoms with Gasteiger partial charge in [0.05, 0.1) is 36.3 Å². The largest absolute Gasteiger partial charge is 0.357 e. The Balaban J connectivity index is 2.16. The Labute approximate surface area is 148 Å². The molecule has 0 atom stereocenters. The van der Waals surface area contributed by atoms with Gasteiger partial charge in [0.15, 0.2) is 5.70 Å². The summed E-state index contributed by atoms with van der Waals surface area (Å²) >= 11 is 0. The molecule has 2 aromatic rings. The van der Waals surface area contributed by atoms with E-state index in [9.17, 15) is 0 Å². The van der Waals surface area contributed by atoms with E-state index < -0.39 is 0 Å². The van der Waals surface area contributed by atoms with Crippen molar-refractivity contribution < 1.29 is 0 Å². The second kappa shape index (κ2) is 8.58. The van der Waals surface area contributed by atoms with Gasteiger partial charge in [-0.2, -0.15) is 5.26 Å². The lowest BCUT2D eigenvalue weighted by atomic mass is 10.1. The summed E-state index contributed by atoms with van der Waals surface area (Å²) in [5.41, 5.74) is 2.41. The molecule has 6 heteroatoms. The molecular formula is C19H20N6. The fourth-order valence-corrected chi connectivity index (χ4v) is 2.10. The van der Waals surface area contributed by atoms with Crippen molar-refractivity contribution in [3.63, 3.8) is 0 Å². The first kappa shape index (κ1) is 18.1. The lowest BCUT2D eigenvalue weighted by Crippen LogP contribution is -2.29. The number of rotatable bonds is 6. The van der Waals surface area contributed by atoms with Crippen molar-refractivity contribution in [2.45, 2.75) is 0 Å². The molecule has 0 saturated carbocycles. The van der Waals surface area contributed by atoms with Crippen LogP contribution in [0.1, 0.15) is 16.8 Å². The second-order valence-corrected chi connectivity index (χ2v) is 5.85. The van der Waals surface area contributed by atoms with Crippen molar-refractivity contribution in [3.8, 4) is 6.07 Å². The first-order chi connectivity index (χ1) is 12.0. The minimum Gasteiger partial charge on any atom is -0.357 e. The quantitative estimate of drug-likeness (QED) is 0.761. The summed E-state index contributed by atoms with van der Waals surface area (Å²) in [6, 6.07) is 8.99. The molecule has 25 heavy (non-hydrogen) atoms. The Kier molecular flexibility index (Phi) is 6.22. The number of aromatic nitrogens is 2. The van der Waals surface area contributed by atoms with E-state index in [1.807, 2.05) is 26.0 Å². The number of benzene rings is 1. The molecule has 6 nitrogen and oxygen atoms in total. The third kappa shape index (κ3) is 5.13. The van der Waals surface area contributed by atoms with Crippen molar-refractivity contribution in [3.05, 3.63) is 64.9 Å². The molecule has 0 saturated heterocycles. The van der Waals surface area contributed by atoms with Crippen molar-refractivity contribution in [2.75, 3.05) is 39.1 Å². The highest BCUT2D eigenvalue weighted by molar-refractivity contribution is 5.84. The highest BCUT2D eigenvalue weighted by Gasteiger charge is 2.06. The average Bonchev–Trinajstić information content (AvgIpc) is 2.64. The molecule has 1 heterocycles. The van der Waals surface area contributed by atoms with E-state index in [-0.39, 0.29) is 0 Å². The predicted molar refractivity (Wildman–Crippen MR) is 99.5 cm³/mol. The molecule has 0 unspecified atom stereocenters. The summed E-state index contributed by atoms with van der Waals surface area (Å²) in [5.74, 6) is 0.793. The summed E-state index contributed by atoms with van der Waals surface area (Å²) in [6.45, 7) is 9.17. The van der Waals surface area contributed by atoms with E-state index in [2.05, 4.69) is 25.8 Å². The third-order valence-electron chi connectivity index (χ3n) is 3.65. The molecule has 0 fully saturated rings. The van der Waals surface area contributed by atoms with Gasteiger partial charge < -0.3 is 9.80 Å². The van der Waals surface area contributed by atoms with Gasteiger partial charge in [0.1, 0.15) is 5.82 Å². The number of hydrogen-bond acceptors (Lipinski definition) is 5. The molecule has 0 N–H and O–H groups in total. The van der Waals surface area contributed by atoms with Crippen molar-refractivity contribution in [2.24, 2.45) is 0 Å². The summed E-state index contributed by atoms with van der Waals surface area (Å²) < 4.78 is 0. The van der Waals surface area contributed by atoms with Crippen LogP contribution in [0.5, 0.6) is 0 Å². The smallest absolute Gasteiger partial charge is 0.196 e. The molecule has 0 spiro atoms. The van der Waals surface area contributed by atoms with Crippen LogP contribution in [-0.4, -0.2) is 49.1 Å². The Morgan fingerprint density at radius 2 is 1.88 bits per heavy atom. The maximum Gasteiger partial charge on any atom is 0.196 e. The fraction of sp³-hybridized carbons (Fsp3) is 0.263. The molecule has 0 bridgehead atoms.